The standard InChI is InChI=1S/C17H15NO6/c1-11(19)14-9-15(18(22)23)16(7-13(14)8-17(20)21)24-10-12-5-3-2-4-6-12/h2-7,9H,8,10H2,1H3,(H,20,21). The summed E-state index contributed by atoms with van der Waals surface area (Å²) in [5.41, 5.74) is 0.632. The van der Waals surface area contributed by atoms with Crippen LogP contribution in [0.1, 0.15) is 28.4 Å². The number of ether oxygens (including phenoxy) is 1. The van der Waals surface area contributed by atoms with Gasteiger partial charge in [-0.15, -0.1) is 0 Å². The van der Waals surface area contributed by atoms with Crippen molar-refractivity contribution in [1.82, 2.24) is 0 Å². The van der Waals surface area contributed by atoms with Crippen LogP contribution in [0.25, 0.3) is 0 Å². The molecule has 0 unspecified atom stereocenters. The number of Topliss-reactive ketones (excluding diaryl/α,β-unsaturated/α-hetero) is 1. The van der Waals surface area contributed by atoms with Crippen LogP contribution in [0.4, 0.5) is 5.69 Å². The largest absolute Gasteiger partial charge is 0.482 e. The van der Waals surface area contributed by atoms with Gasteiger partial charge in [0, 0.05) is 11.6 Å². The number of carboxylic acid groups (broad SMARTS) is 1. The first-order valence-corrected chi connectivity index (χ1v) is 7.09. The lowest BCUT2D eigenvalue weighted by Crippen LogP contribution is -2.09. The van der Waals surface area contributed by atoms with Gasteiger partial charge in [0.25, 0.3) is 0 Å². The van der Waals surface area contributed by atoms with Gasteiger partial charge in [0.2, 0.25) is 0 Å². The summed E-state index contributed by atoms with van der Waals surface area (Å²) in [4.78, 5) is 33.2. The van der Waals surface area contributed by atoms with Crippen LogP contribution < -0.4 is 4.74 Å². The minimum atomic E-state index is -1.14. The van der Waals surface area contributed by atoms with E-state index >= 15 is 0 Å². The molecule has 0 bridgehead atoms. The molecule has 0 aliphatic carbocycles. The zero-order valence-corrected chi connectivity index (χ0v) is 12.9. The van der Waals surface area contributed by atoms with Crippen LogP contribution in [-0.2, 0) is 17.8 Å². The van der Waals surface area contributed by atoms with Crippen LogP contribution in [0, 0.1) is 10.1 Å². The van der Waals surface area contributed by atoms with E-state index in [0.29, 0.717) is 0 Å². The number of hydrogen-bond acceptors (Lipinski definition) is 5. The van der Waals surface area contributed by atoms with Crippen molar-refractivity contribution in [1.29, 1.82) is 0 Å². The molecule has 0 atom stereocenters. The van der Waals surface area contributed by atoms with Crippen molar-refractivity contribution in [2.24, 2.45) is 0 Å². The molecule has 7 heteroatoms. The molecule has 0 spiro atoms. The monoisotopic (exact) mass is 329 g/mol. The van der Waals surface area contributed by atoms with E-state index in [1.807, 2.05) is 18.2 Å². The first-order chi connectivity index (χ1) is 11.4. The van der Waals surface area contributed by atoms with Gasteiger partial charge in [-0.25, -0.2) is 0 Å². The number of rotatable bonds is 7. The van der Waals surface area contributed by atoms with Crippen LogP contribution >= 0.6 is 0 Å². The van der Waals surface area contributed by atoms with E-state index in [1.54, 1.807) is 12.1 Å². The van der Waals surface area contributed by atoms with Gasteiger partial charge in [-0.05, 0) is 24.1 Å². The highest BCUT2D eigenvalue weighted by molar-refractivity contribution is 5.97. The highest BCUT2D eigenvalue weighted by atomic mass is 16.6. The fraction of sp³-hybridized carbons (Fsp3) is 0.176. The average molecular weight is 329 g/mol. The summed E-state index contributed by atoms with van der Waals surface area (Å²) in [6, 6.07) is 11.4. The van der Waals surface area contributed by atoms with Crippen LogP contribution in [0.5, 0.6) is 5.75 Å². The zero-order valence-electron chi connectivity index (χ0n) is 12.9. The van der Waals surface area contributed by atoms with E-state index in [4.69, 9.17) is 9.84 Å². The lowest BCUT2D eigenvalue weighted by Gasteiger charge is -2.11. The lowest BCUT2D eigenvalue weighted by molar-refractivity contribution is -0.386. The summed E-state index contributed by atoms with van der Waals surface area (Å²) in [5.74, 6) is -1.64. The summed E-state index contributed by atoms with van der Waals surface area (Å²) in [5, 5.41) is 20.2. The number of nitro groups is 1. The highest BCUT2D eigenvalue weighted by Crippen LogP contribution is 2.32. The molecule has 0 aromatic heterocycles. The molecule has 2 rings (SSSR count). The molecule has 0 aliphatic heterocycles. The Morgan fingerprint density at radius 1 is 1.21 bits per heavy atom. The molecule has 0 amide bonds. The van der Waals surface area contributed by atoms with E-state index in [1.165, 1.54) is 13.0 Å². The minimum absolute atomic E-state index is 0.0103. The Bertz CT molecular complexity index is 785. The molecule has 0 saturated heterocycles. The zero-order chi connectivity index (χ0) is 17.7. The SMILES string of the molecule is CC(=O)c1cc([N+](=O)[O-])c(OCc2ccccc2)cc1CC(=O)O. The molecule has 1 N–H and O–H groups in total. The van der Waals surface area contributed by atoms with E-state index in [0.717, 1.165) is 11.6 Å². The van der Waals surface area contributed by atoms with E-state index in [9.17, 15) is 19.7 Å². The number of ketones is 1. The Morgan fingerprint density at radius 3 is 2.42 bits per heavy atom. The summed E-state index contributed by atoms with van der Waals surface area (Å²) in [6.07, 6.45) is -0.422. The normalized spacial score (nSPS) is 10.2. The number of aliphatic carboxylic acids is 1. The van der Waals surface area contributed by atoms with Gasteiger partial charge in [-0.3, -0.25) is 19.7 Å². The van der Waals surface area contributed by atoms with Crippen molar-refractivity contribution in [3.8, 4) is 5.75 Å². The van der Waals surface area contributed by atoms with E-state index in [2.05, 4.69) is 0 Å². The Labute approximate surface area is 137 Å². The fourth-order valence-electron chi connectivity index (χ4n) is 2.24. The predicted molar refractivity (Wildman–Crippen MR) is 85.2 cm³/mol. The Hall–Kier alpha value is -3.22. The number of hydrogen-bond donors (Lipinski definition) is 1. The van der Waals surface area contributed by atoms with Gasteiger partial charge in [0.05, 0.1) is 11.3 Å². The molecule has 0 saturated carbocycles. The topological polar surface area (TPSA) is 107 Å². The fourth-order valence-corrected chi connectivity index (χ4v) is 2.24. The third-order valence-corrected chi connectivity index (χ3v) is 3.34. The van der Waals surface area contributed by atoms with Gasteiger partial charge in [0.1, 0.15) is 6.61 Å². The quantitative estimate of drug-likeness (QED) is 0.475. The molecule has 24 heavy (non-hydrogen) atoms. The molecule has 2 aromatic carbocycles. The van der Waals surface area contributed by atoms with Crippen LogP contribution in [-0.4, -0.2) is 21.8 Å². The van der Waals surface area contributed by atoms with Crippen molar-refractivity contribution < 1.29 is 24.4 Å². The first kappa shape index (κ1) is 17.1. The number of carbonyl (C=O) groups excluding carboxylic acids is 1. The number of carbonyl (C=O) groups is 2. The van der Waals surface area contributed by atoms with Gasteiger partial charge in [0.15, 0.2) is 11.5 Å². The van der Waals surface area contributed by atoms with E-state index < -0.39 is 23.1 Å². The third kappa shape index (κ3) is 4.16. The van der Waals surface area contributed by atoms with Gasteiger partial charge >= 0.3 is 11.7 Å². The van der Waals surface area contributed by atoms with Crippen molar-refractivity contribution in [3.05, 3.63) is 69.3 Å². The number of carboxylic acids is 1. The number of nitro benzene ring substituents is 1. The summed E-state index contributed by atoms with van der Waals surface area (Å²) in [7, 11) is 0. The molecule has 0 heterocycles. The lowest BCUT2D eigenvalue weighted by atomic mass is 10.00. The van der Waals surface area contributed by atoms with Crippen molar-refractivity contribution in [2.45, 2.75) is 20.0 Å². The average Bonchev–Trinajstić information content (AvgIpc) is 2.52. The Kier molecular flexibility index (Phi) is 5.26. The second-order valence-corrected chi connectivity index (χ2v) is 5.14. The molecule has 2 aromatic rings. The van der Waals surface area contributed by atoms with Crippen LogP contribution in [0.2, 0.25) is 0 Å². The minimum Gasteiger partial charge on any atom is -0.482 e. The second kappa shape index (κ2) is 7.36. The van der Waals surface area contributed by atoms with Crippen molar-refractivity contribution in [3.63, 3.8) is 0 Å². The first-order valence-electron chi connectivity index (χ1n) is 7.09. The van der Waals surface area contributed by atoms with Gasteiger partial charge < -0.3 is 9.84 Å². The number of benzene rings is 2. The molecular formula is C17H15NO6. The highest BCUT2D eigenvalue weighted by Gasteiger charge is 2.22. The molecule has 0 radical (unpaired) electrons. The second-order valence-electron chi connectivity index (χ2n) is 5.14. The van der Waals surface area contributed by atoms with Crippen molar-refractivity contribution >= 4 is 17.4 Å². The maximum Gasteiger partial charge on any atom is 0.311 e. The maximum atomic E-state index is 11.7. The molecule has 7 nitrogen and oxygen atoms in total. The van der Waals surface area contributed by atoms with Gasteiger partial charge in [-0.2, -0.15) is 0 Å². The molecule has 0 aliphatic rings. The van der Waals surface area contributed by atoms with E-state index in [-0.39, 0.29) is 29.2 Å². The Morgan fingerprint density at radius 2 is 1.88 bits per heavy atom. The summed E-state index contributed by atoms with van der Waals surface area (Å²) in [6.45, 7) is 1.32. The van der Waals surface area contributed by atoms with Gasteiger partial charge in [-0.1, -0.05) is 30.3 Å². The summed E-state index contributed by atoms with van der Waals surface area (Å²) >= 11 is 0. The molecular weight excluding hydrogens is 314 g/mol. The smallest absolute Gasteiger partial charge is 0.311 e. The van der Waals surface area contributed by atoms with Crippen LogP contribution in [0.3, 0.4) is 0 Å². The molecule has 0 fully saturated rings. The molecule has 124 valence electrons. The predicted octanol–water partition coefficient (Wildman–Crippen LogP) is 3.00. The van der Waals surface area contributed by atoms with Crippen LogP contribution in [0.15, 0.2) is 42.5 Å². The Balaban J connectivity index is 2.41. The summed E-state index contributed by atoms with van der Waals surface area (Å²) < 4.78 is 5.50. The number of nitrogens with zero attached hydrogens (tertiary/aromatic N) is 1. The third-order valence-electron chi connectivity index (χ3n) is 3.34. The maximum absolute atomic E-state index is 11.7. The van der Waals surface area contributed by atoms with Crippen molar-refractivity contribution in [2.75, 3.05) is 0 Å².